The molecule has 90 valence electrons. The molecule has 1 aliphatic rings. The van der Waals surface area contributed by atoms with E-state index in [4.69, 9.17) is 4.74 Å². The van der Waals surface area contributed by atoms with Crippen LogP contribution < -0.4 is 10.1 Å². The summed E-state index contributed by atoms with van der Waals surface area (Å²) in [7, 11) is 1.56. The molecule has 0 bridgehead atoms. The molecule has 0 fully saturated rings. The van der Waals surface area contributed by atoms with Crippen LogP contribution in [0.1, 0.15) is 39.6 Å². The van der Waals surface area contributed by atoms with E-state index in [1.807, 2.05) is 6.92 Å². The van der Waals surface area contributed by atoms with E-state index in [1.165, 1.54) is 0 Å². The summed E-state index contributed by atoms with van der Waals surface area (Å²) in [6.07, 6.45) is 2.51. The van der Waals surface area contributed by atoms with Gasteiger partial charge in [-0.05, 0) is 24.1 Å². The molecule has 0 saturated carbocycles. The van der Waals surface area contributed by atoms with Gasteiger partial charge in [-0.15, -0.1) is 0 Å². The van der Waals surface area contributed by atoms with Gasteiger partial charge in [-0.2, -0.15) is 0 Å². The van der Waals surface area contributed by atoms with Crippen LogP contribution in [-0.4, -0.2) is 25.3 Å². The zero-order valence-corrected chi connectivity index (χ0v) is 9.95. The third-order valence-electron chi connectivity index (χ3n) is 2.98. The Hall–Kier alpha value is -1.84. The number of aldehydes is 1. The highest BCUT2D eigenvalue weighted by molar-refractivity contribution is 5.99. The number of amides is 1. The van der Waals surface area contributed by atoms with E-state index < -0.39 is 0 Å². The van der Waals surface area contributed by atoms with Crippen molar-refractivity contribution >= 4 is 12.2 Å². The van der Waals surface area contributed by atoms with E-state index in [-0.39, 0.29) is 12.0 Å². The SMILES string of the molecule is CCC1Cc2cc(C=O)cc(C(=O)NC)c2O1. The number of nitrogens with one attached hydrogen (secondary N) is 1. The summed E-state index contributed by atoms with van der Waals surface area (Å²) in [6.45, 7) is 2.04. The molecule has 1 aliphatic heterocycles. The molecule has 1 atom stereocenters. The zero-order valence-electron chi connectivity index (χ0n) is 9.95. The summed E-state index contributed by atoms with van der Waals surface area (Å²) >= 11 is 0. The van der Waals surface area contributed by atoms with Crippen molar-refractivity contribution in [1.82, 2.24) is 5.32 Å². The lowest BCUT2D eigenvalue weighted by molar-refractivity contribution is 0.0958. The Morgan fingerprint density at radius 2 is 2.35 bits per heavy atom. The molecule has 0 saturated heterocycles. The fourth-order valence-corrected chi connectivity index (χ4v) is 2.06. The second-order valence-corrected chi connectivity index (χ2v) is 4.11. The van der Waals surface area contributed by atoms with Crippen molar-refractivity contribution < 1.29 is 14.3 Å². The fourth-order valence-electron chi connectivity index (χ4n) is 2.06. The first-order valence-corrected chi connectivity index (χ1v) is 5.70. The fraction of sp³-hybridized carbons (Fsp3) is 0.385. The average Bonchev–Trinajstić information content (AvgIpc) is 2.79. The number of ether oxygens (including phenoxy) is 1. The largest absolute Gasteiger partial charge is 0.489 e. The maximum atomic E-state index is 11.7. The van der Waals surface area contributed by atoms with Gasteiger partial charge in [0.1, 0.15) is 18.1 Å². The predicted molar refractivity (Wildman–Crippen MR) is 63.6 cm³/mol. The van der Waals surface area contributed by atoms with Crippen LogP contribution in [-0.2, 0) is 6.42 Å². The van der Waals surface area contributed by atoms with Gasteiger partial charge in [0.05, 0.1) is 5.56 Å². The molecule has 0 aromatic heterocycles. The maximum absolute atomic E-state index is 11.7. The van der Waals surface area contributed by atoms with Crippen LogP contribution in [0.5, 0.6) is 5.75 Å². The van der Waals surface area contributed by atoms with E-state index in [0.29, 0.717) is 16.9 Å². The first-order chi connectivity index (χ1) is 8.19. The van der Waals surface area contributed by atoms with Gasteiger partial charge in [-0.1, -0.05) is 6.92 Å². The third kappa shape index (κ3) is 2.02. The van der Waals surface area contributed by atoms with Gasteiger partial charge < -0.3 is 10.1 Å². The molecule has 1 unspecified atom stereocenters. The van der Waals surface area contributed by atoms with Gasteiger partial charge in [0.15, 0.2) is 0 Å². The summed E-state index contributed by atoms with van der Waals surface area (Å²) in [5.41, 5.74) is 1.91. The minimum atomic E-state index is -0.221. The molecule has 0 aliphatic carbocycles. The number of benzene rings is 1. The lowest BCUT2D eigenvalue weighted by Crippen LogP contribution is -2.19. The lowest BCUT2D eigenvalue weighted by atomic mass is 10.0. The Labute approximate surface area is 100.0 Å². The Balaban J connectivity index is 2.49. The van der Waals surface area contributed by atoms with Gasteiger partial charge in [0.2, 0.25) is 0 Å². The quantitative estimate of drug-likeness (QED) is 0.806. The highest BCUT2D eigenvalue weighted by Crippen LogP contribution is 2.34. The van der Waals surface area contributed by atoms with Crippen LogP contribution >= 0.6 is 0 Å². The summed E-state index contributed by atoms with van der Waals surface area (Å²) < 4.78 is 5.73. The first-order valence-electron chi connectivity index (χ1n) is 5.70. The third-order valence-corrected chi connectivity index (χ3v) is 2.98. The van der Waals surface area contributed by atoms with Crippen LogP contribution in [0.4, 0.5) is 0 Å². The van der Waals surface area contributed by atoms with Gasteiger partial charge in [0.25, 0.3) is 5.91 Å². The molecular formula is C13H15NO3. The molecule has 1 aromatic carbocycles. The van der Waals surface area contributed by atoms with Gasteiger partial charge in [0, 0.05) is 19.0 Å². The van der Waals surface area contributed by atoms with Crippen LogP contribution in [0.15, 0.2) is 12.1 Å². The van der Waals surface area contributed by atoms with Crippen LogP contribution in [0.3, 0.4) is 0 Å². The lowest BCUT2D eigenvalue weighted by Gasteiger charge is -2.10. The topological polar surface area (TPSA) is 55.4 Å². The molecule has 4 heteroatoms. The molecule has 1 amide bonds. The number of hydrogen-bond donors (Lipinski definition) is 1. The number of carbonyl (C=O) groups is 2. The highest BCUT2D eigenvalue weighted by Gasteiger charge is 2.27. The van der Waals surface area contributed by atoms with Gasteiger partial charge in [-0.25, -0.2) is 0 Å². The van der Waals surface area contributed by atoms with Crippen LogP contribution in [0, 0.1) is 0 Å². The van der Waals surface area contributed by atoms with Crippen molar-refractivity contribution in [2.75, 3.05) is 7.05 Å². The molecule has 2 rings (SSSR count). The molecule has 0 radical (unpaired) electrons. The summed E-state index contributed by atoms with van der Waals surface area (Å²) in [4.78, 5) is 22.6. The predicted octanol–water partition coefficient (Wildman–Crippen LogP) is 1.57. The summed E-state index contributed by atoms with van der Waals surface area (Å²) in [5.74, 6) is 0.406. The first kappa shape index (κ1) is 11.6. The normalized spacial score (nSPS) is 17.2. The Morgan fingerprint density at radius 3 is 2.94 bits per heavy atom. The number of hydrogen-bond acceptors (Lipinski definition) is 3. The summed E-state index contributed by atoms with van der Waals surface area (Å²) in [6, 6.07) is 3.37. The Kier molecular flexibility index (Phi) is 3.13. The highest BCUT2D eigenvalue weighted by atomic mass is 16.5. The van der Waals surface area contributed by atoms with Crippen molar-refractivity contribution in [3.63, 3.8) is 0 Å². The molecule has 1 aromatic rings. The monoisotopic (exact) mass is 233 g/mol. The Morgan fingerprint density at radius 1 is 1.59 bits per heavy atom. The van der Waals surface area contributed by atoms with Gasteiger partial charge in [-0.3, -0.25) is 9.59 Å². The molecule has 17 heavy (non-hydrogen) atoms. The van der Waals surface area contributed by atoms with Crippen LogP contribution in [0.25, 0.3) is 0 Å². The van der Waals surface area contributed by atoms with Crippen molar-refractivity contribution in [2.45, 2.75) is 25.9 Å². The van der Waals surface area contributed by atoms with E-state index in [2.05, 4.69) is 5.32 Å². The summed E-state index contributed by atoms with van der Waals surface area (Å²) in [5, 5.41) is 2.56. The Bertz CT molecular complexity index is 468. The van der Waals surface area contributed by atoms with Gasteiger partial charge >= 0.3 is 0 Å². The van der Waals surface area contributed by atoms with Crippen molar-refractivity contribution in [3.05, 3.63) is 28.8 Å². The van der Waals surface area contributed by atoms with E-state index >= 15 is 0 Å². The standard InChI is InChI=1S/C13H15NO3/c1-3-10-6-9-4-8(7-15)5-11(12(9)17-10)13(16)14-2/h4-5,7,10H,3,6H2,1-2H3,(H,14,16). The maximum Gasteiger partial charge on any atom is 0.254 e. The molecule has 1 N–H and O–H groups in total. The average molecular weight is 233 g/mol. The van der Waals surface area contributed by atoms with Crippen molar-refractivity contribution in [1.29, 1.82) is 0 Å². The molecule has 1 heterocycles. The minimum Gasteiger partial charge on any atom is -0.489 e. The smallest absolute Gasteiger partial charge is 0.254 e. The van der Waals surface area contributed by atoms with Crippen molar-refractivity contribution in [2.24, 2.45) is 0 Å². The molecule has 4 nitrogen and oxygen atoms in total. The zero-order chi connectivity index (χ0) is 12.4. The number of fused-ring (bicyclic) bond motifs is 1. The second kappa shape index (κ2) is 4.57. The molecular weight excluding hydrogens is 218 g/mol. The number of carbonyl (C=O) groups excluding carboxylic acids is 2. The van der Waals surface area contributed by atoms with E-state index in [9.17, 15) is 9.59 Å². The van der Waals surface area contributed by atoms with Crippen LogP contribution in [0.2, 0.25) is 0 Å². The van der Waals surface area contributed by atoms with E-state index in [0.717, 1.165) is 24.7 Å². The number of rotatable bonds is 3. The second-order valence-electron chi connectivity index (χ2n) is 4.11. The minimum absolute atomic E-state index is 0.107. The molecule has 0 spiro atoms. The van der Waals surface area contributed by atoms with Crippen molar-refractivity contribution in [3.8, 4) is 5.75 Å². The van der Waals surface area contributed by atoms with E-state index in [1.54, 1.807) is 19.2 Å².